The van der Waals surface area contributed by atoms with E-state index in [9.17, 15) is 5.11 Å². The van der Waals surface area contributed by atoms with Gasteiger partial charge in [-0.3, -0.25) is 0 Å². The van der Waals surface area contributed by atoms with Crippen molar-refractivity contribution in [3.8, 4) is 11.6 Å². The van der Waals surface area contributed by atoms with Crippen LogP contribution < -0.4 is 0 Å². The van der Waals surface area contributed by atoms with E-state index in [0.29, 0.717) is 30.4 Å². The third-order valence-corrected chi connectivity index (χ3v) is 2.37. The lowest BCUT2D eigenvalue weighted by Crippen LogP contribution is -2.08. The van der Waals surface area contributed by atoms with Gasteiger partial charge in [0, 0.05) is 19.4 Å². The van der Waals surface area contributed by atoms with Crippen molar-refractivity contribution in [3.05, 3.63) is 18.3 Å². The number of hydrogen-bond acceptors (Lipinski definition) is 5. The van der Waals surface area contributed by atoms with Gasteiger partial charge in [-0.05, 0) is 6.42 Å². The molecule has 1 atom stereocenters. The second kappa shape index (κ2) is 4.44. The number of hydrogen-bond donors (Lipinski definition) is 1. The van der Waals surface area contributed by atoms with Crippen LogP contribution in [-0.2, 0) is 13.5 Å². The van der Waals surface area contributed by atoms with Gasteiger partial charge in [0.15, 0.2) is 5.82 Å². The average Bonchev–Trinajstić information content (AvgIpc) is 2.86. The van der Waals surface area contributed by atoms with Gasteiger partial charge in [0.05, 0.1) is 12.5 Å². The fourth-order valence-corrected chi connectivity index (χ4v) is 1.36. The Labute approximate surface area is 92.9 Å². The molecule has 2 rings (SSSR count). The van der Waals surface area contributed by atoms with E-state index in [0.717, 1.165) is 0 Å². The maximum absolute atomic E-state index is 9.46. The van der Waals surface area contributed by atoms with E-state index in [4.69, 9.17) is 4.52 Å². The summed E-state index contributed by atoms with van der Waals surface area (Å²) in [7, 11) is 1.86. The predicted octanol–water partition coefficient (Wildman–Crippen LogP) is 0.783. The minimum Gasteiger partial charge on any atom is -0.393 e. The molecule has 1 unspecified atom stereocenters. The molecule has 2 heterocycles. The van der Waals surface area contributed by atoms with Crippen LogP contribution in [0.3, 0.4) is 0 Å². The molecule has 0 radical (unpaired) electrons. The van der Waals surface area contributed by atoms with Crippen LogP contribution >= 0.6 is 0 Å². The van der Waals surface area contributed by atoms with Gasteiger partial charge in [0.1, 0.15) is 0 Å². The quantitative estimate of drug-likeness (QED) is 0.827. The molecular weight excluding hydrogens is 208 g/mol. The highest BCUT2D eigenvalue weighted by Crippen LogP contribution is 2.13. The lowest BCUT2D eigenvalue weighted by Gasteiger charge is -2.01. The third kappa shape index (κ3) is 2.11. The molecule has 0 aliphatic rings. The average molecular weight is 222 g/mol. The molecule has 0 aromatic carbocycles. The fraction of sp³-hybridized carbons (Fsp3) is 0.500. The summed E-state index contributed by atoms with van der Waals surface area (Å²) in [6, 6.07) is 0. The summed E-state index contributed by atoms with van der Waals surface area (Å²) in [5.74, 6) is 1.54. The summed E-state index contributed by atoms with van der Waals surface area (Å²) in [4.78, 5) is 8.29. The van der Waals surface area contributed by atoms with Crippen LogP contribution in [0.5, 0.6) is 0 Å². The van der Waals surface area contributed by atoms with Crippen molar-refractivity contribution < 1.29 is 9.63 Å². The Balaban J connectivity index is 2.17. The van der Waals surface area contributed by atoms with Crippen molar-refractivity contribution in [2.45, 2.75) is 25.9 Å². The summed E-state index contributed by atoms with van der Waals surface area (Å²) in [6.45, 7) is 1.90. The number of nitrogens with zero attached hydrogens (tertiary/aromatic N) is 4. The van der Waals surface area contributed by atoms with Crippen LogP contribution in [0.1, 0.15) is 19.2 Å². The summed E-state index contributed by atoms with van der Waals surface area (Å²) in [5.41, 5.74) is 0. The van der Waals surface area contributed by atoms with Crippen LogP contribution in [-0.4, -0.2) is 30.9 Å². The number of imidazole rings is 1. The van der Waals surface area contributed by atoms with Gasteiger partial charge in [0.25, 0.3) is 0 Å². The summed E-state index contributed by atoms with van der Waals surface area (Å²) >= 11 is 0. The summed E-state index contributed by atoms with van der Waals surface area (Å²) in [5, 5.41) is 13.3. The lowest BCUT2D eigenvalue weighted by molar-refractivity contribution is 0.158. The zero-order chi connectivity index (χ0) is 11.5. The number of aliphatic hydroxyl groups excluding tert-OH is 1. The SMILES string of the molecule is CCC(O)Cc1nc(-c2nccn2C)no1. The molecule has 0 spiro atoms. The first kappa shape index (κ1) is 10.8. The van der Waals surface area contributed by atoms with Gasteiger partial charge in [-0.25, -0.2) is 4.98 Å². The standard InChI is InChI=1S/C10H14N4O2/c1-3-7(15)6-8-12-9(13-16-8)10-11-4-5-14(10)2/h4-5,7,15H,3,6H2,1-2H3. The minimum absolute atomic E-state index is 0.383. The molecule has 0 amide bonds. The van der Waals surface area contributed by atoms with Crippen molar-refractivity contribution in [2.75, 3.05) is 0 Å². The molecule has 6 heteroatoms. The van der Waals surface area contributed by atoms with E-state index in [1.165, 1.54) is 0 Å². The Morgan fingerprint density at radius 3 is 3.00 bits per heavy atom. The molecule has 0 aliphatic carbocycles. The first-order chi connectivity index (χ1) is 7.70. The van der Waals surface area contributed by atoms with Crippen molar-refractivity contribution in [3.63, 3.8) is 0 Å². The maximum Gasteiger partial charge on any atom is 0.238 e. The van der Waals surface area contributed by atoms with Gasteiger partial charge in [-0.2, -0.15) is 4.98 Å². The molecule has 2 aromatic rings. The van der Waals surface area contributed by atoms with Gasteiger partial charge in [0.2, 0.25) is 11.7 Å². The molecule has 6 nitrogen and oxygen atoms in total. The van der Waals surface area contributed by atoms with E-state index >= 15 is 0 Å². The van der Waals surface area contributed by atoms with Gasteiger partial charge >= 0.3 is 0 Å². The second-order valence-electron chi connectivity index (χ2n) is 3.64. The lowest BCUT2D eigenvalue weighted by atomic mass is 10.2. The molecule has 16 heavy (non-hydrogen) atoms. The monoisotopic (exact) mass is 222 g/mol. The van der Waals surface area contributed by atoms with Crippen LogP contribution in [0, 0.1) is 0 Å². The van der Waals surface area contributed by atoms with Crippen molar-refractivity contribution in [1.29, 1.82) is 0 Å². The number of rotatable bonds is 4. The predicted molar refractivity (Wildman–Crippen MR) is 56.5 cm³/mol. The highest BCUT2D eigenvalue weighted by molar-refractivity contribution is 5.42. The van der Waals surface area contributed by atoms with Gasteiger partial charge < -0.3 is 14.2 Å². The van der Waals surface area contributed by atoms with Crippen molar-refractivity contribution in [2.24, 2.45) is 7.05 Å². The molecule has 0 bridgehead atoms. The fourth-order valence-electron chi connectivity index (χ4n) is 1.36. The highest BCUT2D eigenvalue weighted by Gasteiger charge is 2.14. The first-order valence-corrected chi connectivity index (χ1v) is 5.19. The van der Waals surface area contributed by atoms with Gasteiger partial charge in [-0.1, -0.05) is 12.1 Å². The van der Waals surface area contributed by atoms with E-state index < -0.39 is 6.10 Å². The topological polar surface area (TPSA) is 77.0 Å². The Morgan fingerprint density at radius 2 is 2.38 bits per heavy atom. The Kier molecular flexibility index (Phi) is 3.00. The van der Waals surface area contributed by atoms with Crippen LogP contribution in [0.25, 0.3) is 11.6 Å². The van der Waals surface area contributed by atoms with E-state index in [1.54, 1.807) is 6.20 Å². The Hall–Kier alpha value is -1.69. The molecular formula is C10H14N4O2. The van der Waals surface area contributed by atoms with Crippen LogP contribution in [0.15, 0.2) is 16.9 Å². The first-order valence-electron chi connectivity index (χ1n) is 5.19. The zero-order valence-corrected chi connectivity index (χ0v) is 9.29. The maximum atomic E-state index is 9.46. The molecule has 0 aliphatic heterocycles. The normalized spacial score (nSPS) is 12.9. The molecule has 86 valence electrons. The van der Waals surface area contributed by atoms with E-state index in [-0.39, 0.29) is 0 Å². The highest BCUT2D eigenvalue weighted by atomic mass is 16.5. The number of aliphatic hydroxyl groups is 1. The molecule has 2 aromatic heterocycles. The van der Waals surface area contributed by atoms with Crippen molar-refractivity contribution in [1.82, 2.24) is 19.7 Å². The third-order valence-electron chi connectivity index (χ3n) is 2.37. The van der Waals surface area contributed by atoms with Crippen LogP contribution in [0.2, 0.25) is 0 Å². The largest absolute Gasteiger partial charge is 0.393 e. The molecule has 0 saturated carbocycles. The van der Waals surface area contributed by atoms with Gasteiger partial charge in [-0.15, -0.1) is 0 Å². The smallest absolute Gasteiger partial charge is 0.238 e. The Morgan fingerprint density at radius 1 is 1.56 bits per heavy atom. The number of aryl methyl sites for hydroxylation is 1. The van der Waals surface area contributed by atoms with E-state index in [2.05, 4.69) is 15.1 Å². The summed E-state index contributed by atoms with van der Waals surface area (Å²) in [6.07, 6.45) is 4.10. The zero-order valence-electron chi connectivity index (χ0n) is 9.29. The van der Waals surface area contributed by atoms with Crippen LogP contribution in [0.4, 0.5) is 0 Å². The number of aromatic nitrogens is 4. The molecule has 1 N–H and O–H groups in total. The van der Waals surface area contributed by atoms with E-state index in [1.807, 2.05) is 24.7 Å². The summed E-state index contributed by atoms with van der Waals surface area (Å²) < 4.78 is 6.85. The minimum atomic E-state index is -0.435. The Bertz CT molecular complexity index is 463. The molecule has 0 fully saturated rings. The molecule has 0 saturated heterocycles. The van der Waals surface area contributed by atoms with Crippen molar-refractivity contribution >= 4 is 0 Å². The second-order valence-corrected chi connectivity index (χ2v) is 3.64.